The number of nitrogens with zero attached hydrogens (tertiary/aromatic N) is 2. The molecule has 144 valence electrons. The minimum atomic E-state index is 0.0852. The van der Waals surface area contributed by atoms with Gasteiger partial charge in [-0.1, -0.05) is 36.4 Å². The standard InChI is InChI=1S/C23H24N2O3/c26-21-5-1-17(2-6-21)19-9-13-24(14-10-19)23(28)25-15-11-20(12-16-25)18-3-7-22(27)8-4-18/h1-9,11,26-27H,10,12-16H2. The van der Waals surface area contributed by atoms with Gasteiger partial charge in [0.15, 0.2) is 0 Å². The number of phenolic OH excluding ortho intramolecular Hbond substituents is 2. The molecule has 0 fully saturated rings. The van der Waals surface area contributed by atoms with Crippen molar-refractivity contribution in [2.45, 2.75) is 12.8 Å². The molecule has 2 amide bonds. The second kappa shape index (κ2) is 7.80. The zero-order valence-corrected chi connectivity index (χ0v) is 15.7. The quantitative estimate of drug-likeness (QED) is 0.830. The maximum Gasteiger partial charge on any atom is 0.320 e. The van der Waals surface area contributed by atoms with Crippen molar-refractivity contribution in [2.24, 2.45) is 0 Å². The molecule has 4 rings (SSSR count). The fourth-order valence-corrected chi connectivity index (χ4v) is 3.76. The molecular weight excluding hydrogens is 352 g/mol. The van der Waals surface area contributed by atoms with Crippen molar-refractivity contribution in [3.8, 4) is 11.5 Å². The third-order valence-corrected chi connectivity index (χ3v) is 5.44. The lowest BCUT2D eigenvalue weighted by Crippen LogP contribution is -2.46. The number of hydrogen-bond donors (Lipinski definition) is 2. The Morgan fingerprint density at radius 1 is 0.679 bits per heavy atom. The second-order valence-corrected chi connectivity index (χ2v) is 7.23. The van der Waals surface area contributed by atoms with Gasteiger partial charge in [0.25, 0.3) is 0 Å². The van der Waals surface area contributed by atoms with Crippen LogP contribution in [0, 0.1) is 0 Å². The van der Waals surface area contributed by atoms with Crippen molar-refractivity contribution >= 4 is 17.2 Å². The summed E-state index contributed by atoms with van der Waals surface area (Å²) in [6, 6.07) is 14.5. The fraction of sp³-hybridized carbons (Fsp3) is 0.261. The molecule has 0 saturated heterocycles. The lowest BCUT2D eigenvalue weighted by molar-refractivity contribution is 0.162. The summed E-state index contributed by atoms with van der Waals surface area (Å²) in [5.74, 6) is 0.531. The number of amides is 2. The molecule has 5 heteroatoms. The molecule has 0 aromatic heterocycles. The highest BCUT2D eigenvalue weighted by Gasteiger charge is 2.24. The lowest BCUT2D eigenvalue weighted by atomic mass is 9.99. The summed E-state index contributed by atoms with van der Waals surface area (Å²) in [5, 5.41) is 18.8. The highest BCUT2D eigenvalue weighted by molar-refractivity contribution is 5.79. The molecule has 0 atom stereocenters. The number of carbonyl (C=O) groups is 1. The van der Waals surface area contributed by atoms with Crippen molar-refractivity contribution in [3.05, 3.63) is 71.8 Å². The van der Waals surface area contributed by atoms with Crippen molar-refractivity contribution in [1.29, 1.82) is 0 Å². The van der Waals surface area contributed by atoms with Crippen LogP contribution in [0.5, 0.6) is 11.5 Å². The normalized spacial score (nSPS) is 17.1. The molecule has 0 aliphatic carbocycles. The number of urea groups is 1. The first-order chi connectivity index (χ1) is 13.6. The van der Waals surface area contributed by atoms with Gasteiger partial charge in [-0.05, 0) is 59.4 Å². The zero-order valence-electron chi connectivity index (χ0n) is 15.7. The van der Waals surface area contributed by atoms with Crippen LogP contribution in [0.25, 0.3) is 11.1 Å². The van der Waals surface area contributed by atoms with Crippen LogP contribution in [-0.2, 0) is 0 Å². The van der Waals surface area contributed by atoms with Gasteiger partial charge in [0, 0.05) is 26.2 Å². The Balaban J connectivity index is 1.37. The number of hydrogen-bond acceptors (Lipinski definition) is 3. The molecule has 28 heavy (non-hydrogen) atoms. The molecule has 2 aromatic rings. The second-order valence-electron chi connectivity index (χ2n) is 7.23. The Morgan fingerprint density at radius 2 is 1.07 bits per heavy atom. The van der Waals surface area contributed by atoms with Gasteiger partial charge in [-0.15, -0.1) is 0 Å². The van der Waals surface area contributed by atoms with E-state index >= 15 is 0 Å². The Labute approximate surface area is 164 Å². The zero-order chi connectivity index (χ0) is 19.5. The largest absolute Gasteiger partial charge is 0.508 e. The molecule has 5 nitrogen and oxygen atoms in total. The monoisotopic (exact) mass is 376 g/mol. The first kappa shape index (κ1) is 18.2. The van der Waals surface area contributed by atoms with Gasteiger partial charge in [-0.25, -0.2) is 4.79 Å². The molecule has 2 N–H and O–H groups in total. The van der Waals surface area contributed by atoms with Gasteiger partial charge in [-0.2, -0.15) is 0 Å². The van der Waals surface area contributed by atoms with Crippen LogP contribution in [0.1, 0.15) is 24.0 Å². The van der Waals surface area contributed by atoms with E-state index in [0.29, 0.717) is 26.2 Å². The van der Waals surface area contributed by atoms with E-state index in [1.807, 2.05) is 34.1 Å². The number of rotatable bonds is 2. The first-order valence-electron chi connectivity index (χ1n) is 9.61. The summed E-state index contributed by atoms with van der Waals surface area (Å²) in [4.78, 5) is 16.6. The molecule has 0 saturated carbocycles. The average molecular weight is 376 g/mol. The predicted molar refractivity (Wildman–Crippen MR) is 110 cm³/mol. The van der Waals surface area contributed by atoms with Crippen LogP contribution in [0.4, 0.5) is 4.79 Å². The Kier molecular flexibility index (Phi) is 5.06. The minimum Gasteiger partial charge on any atom is -0.508 e. The van der Waals surface area contributed by atoms with Crippen LogP contribution in [0.15, 0.2) is 60.7 Å². The molecule has 0 radical (unpaired) electrons. The summed E-state index contributed by atoms with van der Waals surface area (Å²) in [6.07, 6.45) is 5.85. The fourth-order valence-electron chi connectivity index (χ4n) is 3.76. The van der Waals surface area contributed by atoms with E-state index in [2.05, 4.69) is 12.2 Å². The van der Waals surface area contributed by atoms with Crippen molar-refractivity contribution in [1.82, 2.24) is 9.80 Å². The number of carbonyl (C=O) groups excluding carboxylic acids is 1. The number of phenols is 2. The van der Waals surface area contributed by atoms with Gasteiger partial charge in [0.1, 0.15) is 11.5 Å². The van der Waals surface area contributed by atoms with E-state index < -0.39 is 0 Å². The first-order valence-corrected chi connectivity index (χ1v) is 9.61. The average Bonchev–Trinajstić information content (AvgIpc) is 2.75. The van der Waals surface area contributed by atoms with Gasteiger partial charge < -0.3 is 20.0 Å². The molecule has 2 heterocycles. The molecule has 2 aromatic carbocycles. The number of benzene rings is 2. The summed E-state index contributed by atoms with van der Waals surface area (Å²) < 4.78 is 0. The molecular formula is C23H24N2O3. The van der Waals surface area contributed by atoms with E-state index in [4.69, 9.17) is 0 Å². The van der Waals surface area contributed by atoms with E-state index in [-0.39, 0.29) is 17.5 Å². The van der Waals surface area contributed by atoms with Gasteiger partial charge >= 0.3 is 6.03 Å². The Morgan fingerprint density at radius 3 is 1.39 bits per heavy atom. The van der Waals surface area contributed by atoms with E-state index in [1.54, 1.807) is 24.3 Å². The van der Waals surface area contributed by atoms with Gasteiger partial charge in [-0.3, -0.25) is 0 Å². The van der Waals surface area contributed by atoms with Crippen molar-refractivity contribution in [2.75, 3.05) is 26.2 Å². The SMILES string of the molecule is O=C(N1CC=C(c2ccc(O)cc2)CC1)N1CC=C(c2ccc(O)cc2)CC1. The Bertz CT molecular complexity index is 838. The van der Waals surface area contributed by atoms with E-state index in [9.17, 15) is 15.0 Å². The van der Waals surface area contributed by atoms with Gasteiger partial charge in [0.2, 0.25) is 0 Å². The molecule has 0 unspecified atom stereocenters. The minimum absolute atomic E-state index is 0.0852. The highest BCUT2D eigenvalue weighted by Crippen LogP contribution is 2.27. The summed E-state index contributed by atoms with van der Waals surface area (Å²) >= 11 is 0. The molecule has 0 bridgehead atoms. The third-order valence-electron chi connectivity index (χ3n) is 5.44. The molecule has 2 aliphatic rings. The van der Waals surface area contributed by atoms with Crippen molar-refractivity contribution in [3.63, 3.8) is 0 Å². The van der Waals surface area contributed by atoms with Crippen LogP contribution < -0.4 is 0 Å². The topological polar surface area (TPSA) is 64.0 Å². The smallest absolute Gasteiger partial charge is 0.320 e. The van der Waals surface area contributed by atoms with Crippen molar-refractivity contribution < 1.29 is 15.0 Å². The van der Waals surface area contributed by atoms with E-state index in [1.165, 1.54) is 11.1 Å². The summed E-state index contributed by atoms with van der Waals surface area (Å²) in [6.45, 7) is 2.63. The maximum atomic E-state index is 12.9. The van der Waals surface area contributed by atoms with Gasteiger partial charge in [0.05, 0.1) is 0 Å². The summed E-state index contributed by atoms with van der Waals surface area (Å²) in [7, 11) is 0. The van der Waals surface area contributed by atoms with E-state index in [0.717, 1.165) is 24.0 Å². The predicted octanol–water partition coefficient (Wildman–Crippen LogP) is 4.10. The van der Waals surface area contributed by atoms with Crippen LogP contribution in [0.3, 0.4) is 0 Å². The van der Waals surface area contributed by atoms with Crippen LogP contribution in [0.2, 0.25) is 0 Å². The van der Waals surface area contributed by atoms with Crippen LogP contribution in [-0.4, -0.2) is 52.2 Å². The number of aromatic hydroxyl groups is 2. The Hall–Kier alpha value is -3.21. The lowest BCUT2D eigenvalue weighted by Gasteiger charge is -2.34. The molecule has 2 aliphatic heterocycles. The highest BCUT2D eigenvalue weighted by atomic mass is 16.3. The third kappa shape index (κ3) is 3.88. The van der Waals surface area contributed by atoms with Crippen LogP contribution >= 0.6 is 0 Å². The molecule has 0 spiro atoms. The maximum absolute atomic E-state index is 12.9. The summed E-state index contributed by atoms with van der Waals surface area (Å²) in [5.41, 5.74) is 4.64.